The Bertz CT molecular complexity index is 387. The van der Waals surface area contributed by atoms with Crippen molar-refractivity contribution in [1.82, 2.24) is 0 Å². The number of anilines is 1. The largest absolute Gasteiger partial charge is 0.369 e. The third-order valence-electron chi connectivity index (χ3n) is 2.18. The number of hydrogen-bond donors (Lipinski definition) is 1. The minimum absolute atomic E-state index is 0.227. The van der Waals surface area contributed by atoms with E-state index in [0.29, 0.717) is 5.69 Å². The average Bonchev–Trinajstić information content (AvgIpc) is 2.15. The van der Waals surface area contributed by atoms with Crippen LogP contribution in [-0.2, 0) is 9.53 Å². The number of methoxy groups -OCH3 is 1. The van der Waals surface area contributed by atoms with Gasteiger partial charge in [-0.2, -0.15) is 0 Å². The van der Waals surface area contributed by atoms with Crippen molar-refractivity contribution in [2.75, 3.05) is 12.4 Å². The second-order valence-electron chi connectivity index (χ2n) is 3.83. The maximum absolute atomic E-state index is 13.0. The molecular formula is C11H13ClFNO2. The van der Waals surface area contributed by atoms with Gasteiger partial charge in [-0.05, 0) is 32.0 Å². The van der Waals surface area contributed by atoms with Crippen molar-refractivity contribution < 1.29 is 13.9 Å². The maximum atomic E-state index is 13.0. The van der Waals surface area contributed by atoms with E-state index in [1.165, 1.54) is 25.3 Å². The predicted molar refractivity (Wildman–Crippen MR) is 61.1 cm³/mol. The molecule has 1 amide bonds. The SMILES string of the molecule is COC(C)(C)C(=O)Nc1cc(F)cc(Cl)c1. The molecule has 0 aliphatic heterocycles. The van der Waals surface area contributed by atoms with Crippen molar-refractivity contribution in [3.63, 3.8) is 0 Å². The van der Waals surface area contributed by atoms with Crippen LogP contribution in [0.15, 0.2) is 18.2 Å². The summed E-state index contributed by atoms with van der Waals surface area (Å²) >= 11 is 5.66. The number of ether oxygens (including phenoxy) is 1. The van der Waals surface area contributed by atoms with E-state index in [1.54, 1.807) is 13.8 Å². The standard InChI is InChI=1S/C11H13ClFNO2/c1-11(2,16-3)10(15)14-9-5-7(12)4-8(13)6-9/h4-6H,1-3H3,(H,14,15). The highest BCUT2D eigenvalue weighted by Crippen LogP contribution is 2.19. The summed E-state index contributed by atoms with van der Waals surface area (Å²) in [6, 6.07) is 3.82. The Labute approximate surface area is 98.5 Å². The molecule has 0 aromatic heterocycles. The first kappa shape index (κ1) is 12.9. The minimum atomic E-state index is -0.973. The topological polar surface area (TPSA) is 38.3 Å². The number of halogens is 2. The highest BCUT2D eigenvalue weighted by atomic mass is 35.5. The molecule has 0 aliphatic rings. The van der Waals surface area contributed by atoms with Crippen molar-refractivity contribution in [1.29, 1.82) is 0 Å². The van der Waals surface area contributed by atoms with Gasteiger partial charge in [0.25, 0.3) is 5.91 Å². The summed E-state index contributed by atoms with van der Waals surface area (Å²) in [4.78, 5) is 11.7. The molecule has 1 aromatic carbocycles. The molecule has 0 unspecified atom stereocenters. The van der Waals surface area contributed by atoms with Crippen LogP contribution in [0.5, 0.6) is 0 Å². The van der Waals surface area contributed by atoms with E-state index >= 15 is 0 Å². The van der Waals surface area contributed by atoms with Crippen LogP contribution in [0.25, 0.3) is 0 Å². The summed E-state index contributed by atoms with van der Waals surface area (Å²) in [7, 11) is 1.43. The summed E-state index contributed by atoms with van der Waals surface area (Å²) < 4.78 is 18.0. The first-order valence-corrected chi connectivity index (χ1v) is 5.05. The fraction of sp³-hybridized carbons (Fsp3) is 0.364. The maximum Gasteiger partial charge on any atom is 0.256 e. The zero-order valence-corrected chi connectivity index (χ0v) is 10.1. The summed E-state index contributed by atoms with van der Waals surface area (Å²) in [6.07, 6.45) is 0. The first-order chi connectivity index (χ1) is 7.35. The van der Waals surface area contributed by atoms with Crippen molar-refractivity contribution >= 4 is 23.2 Å². The molecule has 0 radical (unpaired) electrons. The molecule has 0 spiro atoms. The Kier molecular flexibility index (Phi) is 3.88. The van der Waals surface area contributed by atoms with Crippen molar-refractivity contribution in [2.45, 2.75) is 19.4 Å². The van der Waals surface area contributed by atoms with Crippen LogP contribution in [0.2, 0.25) is 5.02 Å². The van der Waals surface area contributed by atoms with E-state index in [-0.39, 0.29) is 10.9 Å². The number of carbonyl (C=O) groups excluding carboxylic acids is 1. The molecule has 0 heterocycles. The van der Waals surface area contributed by atoms with E-state index in [0.717, 1.165) is 0 Å². The first-order valence-electron chi connectivity index (χ1n) is 4.68. The highest BCUT2D eigenvalue weighted by molar-refractivity contribution is 6.30. The molecule has 0 fully saturated rings. The second-order valence-corrected chi connectivity index (χ2v) is 4.26. The van der Waals surface area contributed by atoms with Crippen LogP contribution >= 0.6 is 11.6 Å². The third kappa shape index (κ3) is 3.18. The van der Waals surface area contributed by atoms with Crippen LogP contribution in [-0.4, -0.2) is 18.6 Å². The number of hydrogen-bond acceptors (Lipinski definition) is 2. The van der Waals surface area contributed by atoms with Crippen LogP contribution in [0.1, 0.15) is 13.8 Å². The Morgan fingerprint density at radius 3 is 2.56 bits per heavy atom. The zero-order chi connectivity index (χ0) is 12.3. The van der Waals surface area contributed by atoms with Gasteiger partial charge in [-0.25, -0.2) is 4.39 Å². The average molecular weight is 246 g/mol. The van der Waals surface area contributed by atoms with Gasteiger partial charge in [-0.15, -0.1) is 0 Å². The predicted octanol–water partition coefficient (Wildman–Crippen LogP) is 2.84. The number of carbonyl (C=O) groups is 1. The molecule has 0 aliphatic carbocycles. The molecule has 0 saturated carbocycles. The molecule has 1 rings (SSSR count). The van der Waals surface area contributed by atoms with E-state index < -0.39 is 11.4 Å². The van der Waals surface area contributed by atoms with Crippen LogP contribution in [0, 0.1) is 5.82 Å². The molecule has 1 N–H and O–H groups in total. The van der Waals surface area contributed by atoms with E-state index in [4.69, 9.17) is 16.3 Å². The summed E-state index contributed by atoms with van der Waals surface area (Å²) in [5.74, 6) is -0.866. The van der Waals surface area contributed by atoms with Crippen molar-refractivity contribution in [3.05, 3.63) is 29.0 Å². The molecule has 0 atom stereocenters. The van der Waals surface area contributed by atoms with Gasteiger partial charge in [0.1, 0.15) is 11.4 Å². The second kappa shape index (κ2) is 4.80. The molecule has 16 heavy (non-hydrogen) atoms. The number of nitrogens with one attached hydrogen (secondary N) is 1. The Balaban J connectivity index is 2.85. The van der Waals surface area contributed by atoms with E-state index in [1.807, 2.05) is 0 Å². The Morgan fingerprint density at radius 2 is 2.06 bits per heavy atom. The lowest BCUT2D eigenvalue weighted by Crippen LogP contribution is -2.38. The lowest BCUT2D eigenvalue weighted by Gasteiger charge is -2.21. The quantitative estimate of drug-likeness (QED) is 0.889. The van der Waals surface area contributed by atoms with Gasteiger partial charge < -0.3 is 10.1 Å². The van der Waals surface area contributed by atoms with Crippen molar-refractivity contribution in [3.8, 4) is 0 Å². The molecule has 5 heteroatoms. The molecular weight excluding hydrogens is 233 g/mol. The minimum Gasteiger partial charge on any atom is -0.369 e. The van der Waals surface area contributed by atoms with Crippen LogP contribution < -0.4 is 5.32 Å². The van der Waals surface area contributed by atoms with Gasteiger partial charge in [0.15, 0.2) is 0 Å². The van der Waals surface area contributed by atoms with Gasteiger partial charge in [0.05, 0.1) is 0 Å². The van der Waals surface area contributed by atoms with Gasteiger partial charge >= 0.3 is 0 Å². The molecule has 3 nitrogen and oxygen atoms in total. The van der Waals surface area contributed by atoms with Crippen molar-refractivity contribution in [2.24, 2.45) is 0 Å². The van der Waals surface area contributed by atoms with Gasteiger partial charge in [-0.3, -0.25) is 4.79 Å². The Hall–Kier alpha value is -1.13. The smallest absolute Gasteiger partial charge is 0.256 e. The summed E-state index contributed by atoms with van der Waals surface area (Å²) in [6.45, 7) is 3.23. The summed E-state index contributed by atoms with van der Waals surface area (Å²) in [5.41, 5.74) is -0.668. The number of amides is 1. The highest BCUT2D eigenvalue weighted by Gasteiger charge is 2.26. The van der Waals surface area contributed by atoms with Gasteiger partial charge in [-0.1, -0.05) is 11.6 Å². The van der Waals surface area contributed by atoms with Crippen LogP contribution in [0.3, 0.4) is 0 Å². The number of benzene rings is 1. The van der Waals surface area contributed by atoms with Gasteiger partial charge in [0.2, 0.25) is 0 Å². The lowest BCUT2D eigenvalue weighted by atomic mass is 10.1. The molecule has 88 valence electrons. The lowest BCUT2D eigenvalue weighted by molar-refractivity contribution is -0.133. The monoisotopic (exact) mass is 245 g/mol. The van der Waals surface area contributed by atoms with Gasteiger partial charge in [0, 0.05) is 17.8 Å². The number of rotatable bonds is 3. The normalized spacial score (nSPS) is 11.3. The molecule has 1 aromatic rings. The fourth-order valence-electron chi connectivity index (χ4n) is 1.00. The third-order valence-corrected chi connectivity index (χ3v) is 2.40. The molecule has 0 bridgehead atoms. The van der Waals surface area contributed by atoms with E-state index in [2.05, 4.69) is 5.32 Å². The van der Waals surface area contributed by atoms with Crippen LogP contribution in [0.4, 0.5) is 10.1 Å². The van der Waals surface area contributed by atoms with E-state index in [9.17, 15) is 9.18 Å². The fourth-order valence-corrected chi connectivity index (χ4v) is 1.22. The summed E-state index contributed by atoms with van der Waals surface area (Å²) in [5, 5.41) is 2.75. The Morgan fingerprint density at radius 1 is 1.44 bits per heavy atom. The molecule has 0 saturated heterocycles. The zero-order valence-electron chi connectivity index (χ0n) is 9.30.